The molecule has 1 fully saturated rings. The van der Waals surface area contributed by atoms with Crippen LogP contribution in [0.2, 0.25) is 0 Å². The highest BCUT2D eigenvalue weighted by atomic mass is 19.4. The number of ether oxygens (including phenoxy) is 2. The van der Waals surface area contributed by atoms with Gasteiger partial charge in [-0.2, -0.15) is 23.4 Å². The quantitative estimate of drug-likeness (QED) is 0.458. The third kappa shape index (κ3) is 10.6. The molecule has 1 amide bonds. The highest BCUT2D eigenvalue weighted by Crippen LogP contribution is 2.15. The number of halogens is 3. The number of nitriles is 1. The summed E-state index contributed by atoms with van der Waals surface area (Å²) in [5, 5.41) is 17.8. The van der Waals surface area contributed by atoms with Gasteiger partial charge in [0.05, 0.1) is 13.2 Å². The first-order chi connectivity index (χ1) is 18.0. The number of carbonyl (C=O) groups excluding carboxylic acids is 1. The van der Waals surface area contributed by atoms with Crippen molar-refractivity contribution in [2.75, 3.05) is 51.0 Å². The van der Waals surface area contributed by atoms with Crippen LogP contribution in [0.3, 0.4) is 0 Å². The zero-order chi connectivity index (χ0) is 28.1. The van der Waals surface area contributed by atoms with Crippen LogP contribution in [0.4, 0.5) is 19.0 Å². The van der Waals surface area contributed by atoms with Crippen LogP contribution in [0.25, 0.3) is 0 Å². The van der Waals surface area contributed by atoms with Crippen molar-refractivity contribution in [2.24, 2.45) is 5.92 Å². The van der Waals surface area contributed by atoms with Crippen molar-refractivity contribution in [3.8, 4) is 11.8 Å². The van der Waals surface area contributed by atoms with E-state index in [4.69, 9.17) is 24.6 Å². The maximum atomic E-state index is 12.8. The number of aliphatic carboxylic acids is 1. The fraction of sp³-hybridized carbons (Fsp3) is 0.458. The number of alkyl halides is 3. The van der Waals surface area contributed by atoms with Gasteiger partial charge in [0.1, 0.15) is 18.4 Å². The van der Waals surface area contributed by atoms with Crippen LogP contribution in [0.15, 0.2) is 36.5 Å². The summed E-state index contributed by atoms with van der Waals surface area (Å²) in [5.74, 6) is -1.51. The van der Waals surface area contributed by atoms with Crippen LogP contribution in [0.5, 0.6) is 5.75 Å². The monoisotopic (exact) mass is 538 g/mol. The van der Waals surface area contributed by atoms with Gasteiger partial charge >= 0.3 is 12.1 Å². The SMILES string of the molecule is CC(C)CN(NC(=O)c1ccc(OCCN2CCOCC2)cc1)c1ccnc(C#N)n1.O=C(O)C(F)(F)F. The van der Waals surface area contributed by atoms with Crippen LogP contribution >= 0.6 is 0 Å². The first-order valence-electron chi connectivity index (χ1n) is 11.6. The van der Waals surface area contributed by atoms with Gasteiger partial charge in [-0.15, -0.1) is 0 Å². The molecule has 0 atom stereocenters. The number of nitrogens with zero attached hydrogens (tertiary/aromatic N) is 5. The molecule has 1 aliphatic heterocycles. The van der Waals surface area contributed by atoms with Crippen molar-refractivity contribution < 1.29 is 37.3 Å². The summed E-state index contributed by atoms with van der Waals surface area (Å²) in [6.45, 7) is 9.44. The Labute approximate surface area is 217 Å². The summed E-state index contributed by atoms with van der Waals surface area (Å²) in [7, 11) is 0. The van der Waals surface area contributed by atoms with Gasteiger partial charge in [0.25, 0.3) is 5.91 Å². The lowest BCUT2D eigenvalue weighted by Crippen LogP contribution is -2.45. The largest absolute Gasteiger partial charge is 0.492 e. The number of amides is 1. The van der Waals surface area contributed by atoms with E-state index in [1.54, 1.807) is 35.3 Å². The van der Waals surface area contributed by atoms with Gasteiger partial charge in [0, 0.05) is 44.0 Å². The number of nitrogens with one attached hydrogen (secondary N) is 1. The van der Waals surface area contributed by atoms with E-state index in [1.165, 1.54) is 6.20 Å². The molecule has 0 saturated carbocycles. The van der Waals surface area contributed by atoms with Crippen molar-refractivity contribution in [2.45, 2.75) is 20.0 Å². The Morgan fingerprint density at radius 1 is 1.24 bits per heavy atom. The number of benzene rings is 1. The van der Waals surface area contributed by atoms with E-state index in [-0.39, 0.29) is 17.6 Å². The van der Waals surface area contributed by atoms with Crippen LogP contribution < -0.4 is 15.2 Å². The number of carbonyl (C=O) groups is 2. The smallest absolute Gasteiger partial charge is 0.490 e. The molecule has 2 heterocycles. The second kappa shape index (κ2) is 14.7. The molecule has 206 valence electrons. The molecule has 11 nitrogen and oxygen atoms in total. The first-order valence-corrected chi connectivity index (χ1v) is 11.6. The Morgan fingerprint density at radius 3 is 2.42 bits per heavy atom. The summed E-state index contributed by atoms with van der Waals surface area (Å²) in [4.78, 5) is 32.0. The molecule has 0 radical (unpaired) electrons. The number of hydrogen-bond donors (Lipinski definition) is 2. The Hall–Kier alpha value is -3.96. The second-order valence-corrected chi connectivity index (χ2v) is 8.43. The van der Waals surface area contributed by atoms with Crippen molar-refractivity contribution in [3.63, 3.8) is 0 Å². The fourth-order valence-electron chi connectivity index (χ4n) is 3.12. The molecular formula is C24H29F3N6O5. The van der Waals surface area contributed by atoms with Crippen LogP contribution in [0, 0.1) is 17.2 Å². The van der Waals surface area contributed by atoms with E-state index < -0.39 is 12.1 Å². The molecule has 38 heavy (non-hydrogen) atoms. The van der Waals surface area contributed by atoms with Crippen molar-refractivity contribution in [1.29, 1.82) is 5.26 Å². The average molecular weight is 539 g/mol. The number of aromatic nitrogens is 2. The van der Waals surface area contributed by atoms with Gasteiger partial charge in [0.2, 0.25) is 5.82 Å². The molecule has 2 aromatic rings. The van der Waals surface area contributed by atoms with Crippen LogP contribution in [0.1, 0.15) is 30.0 Å². The molecule has 1 aliphatic rings. The van der Waals surface area contributed by atoms with Crippen molar-refractivity contribution >= 4 is 17.7 Å². The van der Waals surface area contributed by atoms with Gasteiger partial charge in [-0.25, -0.2) is 9.78 Å². The minimum absolute atomic E-state index is 0.0547. The molecule has 1 aromatic heterocycles. The Kier molecular flexibility index (Phi) is 11.7. The van der Waals surface area contributed by atoms with Gasteiger partial charge in [-0.1, -0.05) is 13.8 Å². The van der Waals surface area contributed by atoms with Crippen molar-refractivity contribution in [3.05, 3.63) is 47.9 Å². The van der Waals surface area contributed by atoms with E-state index in [2.05, 4.69) is 20.3 Å². The van der Waals surface area contributed by atoms with Crippen molar-refractivity contribution in [1.82, 2.24) is 20.3 Å². The molecule has 0 aliphatic carbocycles. The topological polar surface area (TPSA) is 141 Å². The summed E-state index contributed by atoms with van der Waals surface area (Å²) >= 11 is 0. The molecule has 0 spiro atoms. The predicted molar refractivity (Wildman–Crippen MR) is 129 cm³/mol. The fourth-order valence-corrected chi connectivity index (χ4v) is 3.12. The average Bonchev–Trinajstić information content (AvgIpc) is 2.89. The third-order valence-corrected chi connectivity index (χ3v) is 4.94. The molecule has 1 saturated heterocycles. The summed E-state index contributed by atoms with van der Waals surface area (Å²) in [6.07, 6.45) is -3.58. The maximum absolute atomic E-state index is 12.8. The van der Waals surface area contributed by atoms with Gasteiger partial charge in [0.15, 0.2) is 5.82 Å². The normalized spacial score (nSPS) is 13.6. The van der Waals surface area contributed by atoms with Gasteiger partial charge in [-0.3, -0.25) is 20.1 Å². The molecular weight excluding hydrogens is 509 g/mol. The number of anilines is 1. The Bertz CT molecular complexity index is 1090. The number of rotatable bonds is 9. The standard InChI is InChI=1S/C22H28N6O3.C2HF3O2/c1-17(2)16-28(21-7-8-24-20(15-23)25-21)26-22(29)18-3-5-19(6-4-18)31-14-11-27-9-12-30-13-10-27;3-2(4,5)1(6)7/h3-8,17H,9-14,16H2,1-2H3,(H,26,29);(H,6,7). The van der Waals surface area contributed by atoms with Gasteiger partial charge in [-0.05, 0) is 30.2 Å². The van der Waals surface area contributed by atoms with Crippen LogP contribution in [-0.4, -0.2) is 84.0 Å². The molecule has 1 aromatic carbocycles. The molecule has 14 heteroatoms. The third-order valence-electron chi connectivity index (χ3n) is 4.94. The number of carboxylic acid groups (broad SMARTS) is 1. The van der Waals surface area contributed by atoms with E-state index in [1.807, 2.05) is 19.9 Å². The predicted octanol–water partition coefficient (Wildman–Crippen LogP) is 2.50. The lowest BCUT2D eigenvalue weighted by atomic mass is 10.2. The first kappa shape index (κ1) is 30.3. The Balaban J connectivity index is 0.000000638. The number of morpholine rings is 1. The highest BCUT2D eigenvalue weighted by Gasteiger charge is 2.38. The second-order valence-electron chi connectivity index (χ2n) is 8.43. The van der Waals surface area contributed by atoms with E-state index in [0.29, 0.717) is 24.5 Å². The number of hydrazine groups is 1. The molecule has 0 bridgehead atoms. The minimum atomic E-state index is -5.08. The van der Waals surface area contributed by atoms with E-state index >= 15 is 0 Å². The van der Waals surface area contributed by atoms with E-state index in [9.17, 15) is 18.0 Å². The molecule has 2 N–H and O–H groups in total. The lowest BCUT2D eigenvalue weighted by molar-refractivity contribution is -0.192. The summed E-state index contributed by atoms with van der Waals surface area (Å²) in [5.41, 5.74) is 3.38. The number of carboxylic acids is 1. The van der Waals surface area contributed by atoms with E-state index in [0.717, 1.165) is 38.6 Å². The van der Waals surface area contributed by atoms with Gasteiger partial charge < -0.3 is 14.6 Å². The summed E-state index contributed by atoms with van der Waals surface area (Å²) < 4.78 is 42.9. The zero-order valence-corrected chi connectivity index (χ0v) is 20.9. The molecule has 0 unspecified atom stereocenters. The lowest BCUT2D eigenvalue weighted by Gasteiger charge is -2.26. The maximum Gasteiger partial charge on any atom is 0.490 e. The highest BCUT2D eigenvalue weighted by molar-refractivity contribution is 5.95. The minimum Gasteiger partial charge on any atom is -0.492 e. The molecule has 3 rings (SSSR count). The van der Waals surface area contributed by atoms with Crippen LogP contribution in [-0.2, 0) is 9.53 Å². The summed E-state index contributed by atoms with van der Waals surface area (Å²) in [6, 6.07) is 10.6. The Morgan fingerprint density at radius 2 is 1.87 bits per heavy atom. The number of hydrogen-bond acceptors (Lipinski definition) is 9. The zero-order valence-electron chi connectivity index (χ0n) is 20.9.